The van der Waals surface area contributed by atoms with Gasteiger partial charge in [0.15, 0.2) is 23.0 Å². The number of ether oxygens (including phenoxy) is 6. The molecule has 0 aromatic heterocycles. The Hall–Kier alpha value is -2.01. The van der Waals surface area contributed by atoms with E-state index in [0.717, 1.165) is 62.7 Å². The summed E-state index contributed by atoms with van der Waals surface area (Å²) in [7, 11) is 9.84. The second-order valence-corrected chi connectivity index (χ2v) is 8.28. The van der Waals surface area contributed by atoms with Crippen LogP contribution in [0, 0.1) is 0 Å². The van der Waals surface area contributed by atoms with Gasteiger partial charge in [0.25, 0.3) is 0 Å². The minimum absolute atomic E-state index is 0. The van der Waals surface area contributed by atoms with Gasteiger partial charge in [-0.3, -0.25) is 9.80 Å². The minimum Gasteiger partial charge on any atom is -0.493 e. The maximum atomic E-state index is 5.64. The molecule has 0 radical (unpaired) electrons. The smallest absolute Gasteiger partial charge is 0.203 e. The number of piperazine rings is 1. The van der Waals surface area contributed by atoms with Crippen LogP contribution in [0.3, 0.4) is 0 Å². The third-order valence-electron chi connectivity index (χ3n) is 6.35. The molecule has 0 aliphatic carbocycles. The zero-order chi connectivity index (χ0) is 25.2. The van der Waals surface area contributed by atoms with Crippen molar-refractivity contribution in [1.29, 1.82) is 0 Å². The Morgan fingerprint density at radius 1 is 0.579 bits per heavy atom. The second kappa shape index (κ2) is 18.3. The molecule has 2 aromatic rings. The Morgan fingerprint density at radius 2 is 1.03 bits per heavy atom. The lowest BCUT2D eigenvalue weighted by Crippen LogP contribution is -2.47. The molecule has 1 fully saturated rings. The van der Waals surface area contributed by atoms with E-state index in [1.54, 1.807) is 42.7 Å². The summed E-state index contributed by atoms with van der Waals surface area (Å²) >= 11 is 0. The molecule has 2 aromatic carbocycles. The maximum absolute atomic E-state index is 5.64. The minimum atomic E-state index is 0. The van der Waals surface area contributed by atoms with Gasteiger partial charge in [0.1, 0.15) is 0 Å². The van der Waals surface area contributed by atoms with Gasteiger partial charge in [-0.1, -0.05) is 12.1 Å². The van der Waals surface area contributed by atoms with E-state index in [2.05, 4.69) is 21.2 Å². The van der Waals surface area contributed by atoms with Gasteiger partial charge < -0.3 is 33.7 Å². The number of halogens is 3. The van der Waals surface area contributed by atoms with Gasteiger partial charge in [-0.15, -0.1) is 37.2 Å². The third-order valence-corrected chi connectivity index (χ3v) is 6.35. The number of nitrogens with zero attached hydrogens (tertiary/aromatic N) is 2. The van der Waals surface area contributed by atoms with Crippen LogP contribution in [-0.4, -0.2) is 91.7 Å². The highest BCUT2D eigenvalue weighted by molar-refractivity contribution is 5.86. The van der Waals surface area contributed by atoms with Crippen LogP contribution < -0.4 is 33.7 Å². The monoisotopic (exact) mass is 597 g/mol. The predicted molar refractivity (Wildman–Crippen MR) is 157 cm³/mol. The van der Waals surface area contributed by atoms with E-state index in [4.69, 9.17) is 28.4 Å². The first kappa shape index (κ1) is 36.0. The Balaban J connectivity index is 0.00000456. The Morgan fingerprint density at radius 3 is 1.50 bits per heavy atom. The van der Waals surface area contributed by atoms with Gasteiger partial charge in [-0.05, 0) is 12.1 Å². The van der Waals surface area contributed by atoms with Crippen molar-refractivity contribution >= 4 is 37.2 Å². The zero-order valence-electron chi connectivity index (χ0n) is 23.0. The average Bonchev–Trinajstić information content (AvgIpc) is 2.90. The Bertz CT molecular complexity index is 960. The van der Waals surface area contributed by atoms with Gasteiger partial charge in [-0.2, -0.15) is 0 Å². The Labute approximate surface area is 245 Å². The molecule has 0 atom stereocenters. The van der Waals surface area contributed by atoms with Crippen LogP contribution in [0.25, 0.3) is 0 Å². The summed E-state index contributed by atoms with van der Waals surface area (Å²) in [6, 6.07) is 7.91. The first-order valence-corrected chi connectivity index (χ1v) is 11.8. The van der Waals surface area contributed by atoms with Crippen molar-refractivity contribution in [3.05, 3.63) is 35.4 Å². The van der Waals surface area contributed by atoms with Crippen molar-refractivity contribution in [3.8, 4) is 34.5 Å². The fourth-order valence-electron chi connectivity index (χ4n) is 4.46. The zero-order valence-corrected chi connectivity index (χ0v) is 25.5. The molecule has 1 aliphatic heterocycles. The molecule has 0 saturated carbocycles. The predicted octanol–water partition coefficient (Wildman–Crippen LogP) is 3.91. The molecule has 12 heteroatoms. The summed E-state index contributed by atoms with van der Waals surface area (Å²) in [5.41, 5.74) is 2.14. The molecule has 38 heavy (non-hydrogen) atoms. The number of hydrogen-bond acceptors (Lipinski definition) is 9. The SMILES string of the molecule is COc1ccc(CNCCN2CCN(Cc3ccc(OC)c(OC)c3OC)CC2)c(OC)c1OC.Cl.Cl.Cl. The second-order valence-electron chi connectivity index (χ2n) is 8.28. The van der Waals surface area contributed by atoms with Crippen LogP contribution in [0.4, 0.5) is 0 Å². The van der Waals surface area contributed by atoms with Gasteiger partial charge in [0.2, 0.25) is 11.5 Å². The fraction of sp³-hybridized carbons (Fsp3) is 0.538. The highest BCUT2D eigenvalue weighted by atomic mass is 35.5. The van der Waals surface area contributed by atoms with Crippen LogP contribution in [0.2, 0.25) is 0 Å². The summed E-state index contributed by atoms with van der Waals surface area (Å²) in [6.07, 6.45) is 0. The van der Waals surface area contributed by atoms with E-state index in [0.29, 0.717) is 35.3 Å². The molecule has 1 aliphatic rings. The van der Waals surface area contributed by atoms with Crippen molar-refractivity contribution in [2.24, 2.45) is 0 Å². The molecule has 1 heterocycles. The average molecular weight is 599 g/mol. The molecule has 0 spiro atoms. The van der Waals surface area contributed by atoms with E-state index in [1.165, 1.54) is 0 Å². The summed E-state index contributed by atoms with van der Waals surface area (Å²) in [4.78, 5) is 4.93. The topological polar surface area (TPSA) is 73.9 Å². The summed E-state index contributed by atoms with van der Waals surface area (Å²) in [6.45, 7) is 7.44. The van der Waals surface area contributed by atoms with Gasteiger partial charge in [0.05, 0.1) is 42.7 Å². The van der Waals surface area contributed by atoms with Crippen LogP contribution in [0.15, 0.2) is 24.3 Å². The van der Waals surface area contributed by atoms with Gasteiger partial charge >= 0.3 is 0 Å². The molecule has 1 N–H and O–H groups in total. The highest BCUT2D eigenvalue weighted by Crippen LogP contribution is 2.41. The fourth-order valence-corrected chi connectivity index (χ4v) is 4.46. The molecule has 9 nitrogen and oxygen atoms in total. The highest BCUT2D eigenvalue weighted by Gasteiger charge is 2.21. The summed E-state index contributed by atoms with van der Waals surface area (Å²) in [5.74, 6) is 4.05. The normalized spacial score (nSPS) is 13.3. The van der Waals surface area contributed by atoms with Crippen molar-refractivity contribution in [1.82, 2.24) is 15.1 Å². The van der Waals surface area contributed by atoms with Crippen LogP contribution in [-0.2, 0) is 13.1 Å². The molecule has 0 unspecified atom stereocenters. The van der Waals surface area contributed by atoms with Crippen molar-refractivity contribution in [2.45, 2.75) is 13.1 Å². The van der Waals surface area contributed by atoms with Crippen molar-refractivity contribution in [3.63, 3.8) is 0 Å². The first-order valence-electron chi connectivity index (χ1n) is 11.8. The number of methoxy groups -OCH3 is 6. The van der Waals surface area contributed by atoms with E-state index >= 15 is 0 Å². The lowest BCUT2D eigenvalue weighted by atomic mass is 10.1. The Kier molecular flexibility index (Phi) is 17.3. The third kappa shape index (κ3) is 8.76. The molecule has 0 bridgehead atoms. The molecular weight excluding hydrogens is 557 g/mol. The molecule has 0 amide bonds. The van der Waals surface area contributed by atoms with Crippen LogP contribution in [0.1, 0.15) is 11.1 Å². The first-order chi connectivity index (χ1) is 17.1. The van der Waals surface area contributed by atoms with Crippen molar-refractivity contribution < 1.29 is 28.4 Å². The lowest BCUT2D eigenvalue weighted by Gasteiger charge is -2.35. The maximum Gasteiger partial charge on any atom is 0.203 e. The standard InChI is InChI=1S/C26H39N3O6.3ClH/c1-30-21-9-7-19(23(32-3)25(21)34-5)17-27-11-12-28-13-15-29(16-14-28)18-20-8-10-22(31-2)26(35-6)24(20)33-4;;;/h7-10,27H,11-18H2,1-6H3;3*1H. The van der Waals surface area contributed by atoms with Gasteiger partial charge in [-0.25, -0.2) is 0 Å². The molecular formula is C26H42Cl3N3O6. The lowest BCUT2D eigenvalue weighted by molar-refractivity contribution is 0.126. The van der Waals surface area contributed by atoms with E-state index in [9.17, 15) is 0 Å². The molecule has 3 rings (SSSR count). The van der Waals surface area contributed by atoms with E-state index < -0.39 is 0 Å². The summed E-state index contributed by atoms with van der Waals surface area (Å²) < 4.78 is 33.0. The van der Waals surface area contributed by atoms with E-state index in [1.807, 2.05) is 18.2 Å². The number of benzene rings is 2. The summed E-state index contributed by atoms with van der Waals surface area (Å²) in [5, 5.41) is 3.53. The molecule has 1 saturated heterocycles. The quantitative estimate of drug-likeness (QED) is 0.346. The number of rotatable bonds is 13. The van der Waals surface area contributed by atoms with E-state index in [-0.39, 0.29) is 37.2 Å². The van der Waals surface area contributed by atoms with Crippen LogP contribution in [0.5, 0.6) is 34.5 Å². The van der Waals surface area contributed by atoms with Crippen LogP contribution >= 0.6 is 37.2 Å². The van der Waals surface area contributed by atoms with Crippen molar-refractivity contribution in [2.75, 3.05) is 81.9 Å². The number of hydrogen-bond donors (Lipinski definition) is 1. The number of nitrogens with one attached hydrogen (secondary N) is 1. The van der Waals surface area contributed by atoms with Gasteiger partial charge in [0, 0.05) is 63.5 Å². The molecule has 218 valence electrons. The largest absolute Gasteiger partial charge is 0.493 e.